The van der Waals surface area contributed by atoms with Crippen LogP contribution < -0.4 is 9.07 Å². The second-order valence-corrected chi connectivity index (χ2v) is 19.5. The van der Waals surface area contributed by atoms with Gasteiger partial charge in [-0.1, -0.05) is 156 Å². The minimum atomic E-state index is 0.972. The van der Waals surface area contributed by atoms with Crippen molar-refractivity contribution in [2.75, 3.05) is 0 Å². The number of benzene rings is 4. The van der Waals surface area contributed by atoms with E-state index < -0.39 is 0 Å². The van der Waals surface area contributed by atoms with Crippen molar-refractivity contribution in [2.24, 2.45) is 0 Å². The Bertz CT molecular complexity index is 1870. The molecule has 0 spiro atoms. The molecular formula is C60H86N2Ni. The molecule has 0 aromatic heterocycles. The molecular weight excluding hydrogens is 807 g/mol. The van der Waals surface area contributed by atoms with E-state index in [1.54, 1.807) is 19.1 Å². The summed E-state index contributed by atoms with van der Waals surface area (Å²) in [7, 11) is 0. The van der Waals surface area contributed by atoms with Gasteiger partial charge in [-0.2, -0.15) is 0 Å². The summed E-state index contributed by atoms with van der Waals surface area (Å²) in [6.45, 7) is 11.5. The van der Waals surface area contributed by atoms with Crippen molar-refractivity contribution >= 4 is 20.5 Å². The number of hydrogen-bond donors (Lipinski definition) is 0. The third-order valence-corrected chi connectivity index (χ3v) is 13.6. The first-order chi connectivity index (χ1) is 31.0. The van der Waals surface area contributed by atoms with E-state index in [-0.39, 0.29) is 0 Å². The molecule has 4 aromatic carbocycles. The topological polar surface area (TPSA) is 25.3 Å². The summed E-state index contributed by atoms with van der Waals surface area (Å²) in [6.07, 6.45) is 36.3. The van der Waals surface area contributed by atoms with Crippen molar-refractivity contribution in [1.29, 1.82) is 0 Å². The Balaban J connectivity index is 0.000000565. The third-order valence-electron chi connectivity index (χ3n) is 12.4. The second-order valence-electron chi connectivity index (χ2n) is 18.2. The van der Waals surface area contributed by atoms with E-state index in [2.05, 4.69) is 126 Å². The van der Waals surface area contributed by atoms with Gasteiger partial charge in [0.15, 0.2) is 0 Å². The Morgan fingerprint density at radius 3 is 1.14 bits per heavy atom. The van der Waals surface area contributed by atoms with E-state index in [9.17, 15) is 5.53 Å². The van der Waals surface area contributed by atoms with Gasteiger partial charge in [0.2, 0.25) is 11.4 Å². The first-order valence-corrected chi connectivity index (χ1v) is 26.9. The molecule has 1 heterocycles. The van der Waals surface area contributed by atoms with Gasteiger partial charge in [-0.15, -0.1) is 0 Å². The van der Waals surface area contributed by atoms with Crippen LogP contribution in [-0.2, 0) is 40.1 Å². The van der Waals surface area contributed by atoms with E-state index >= 15 is 0 Å². The molecule has 0 aliphatic carbocycles. The summed E-state index contributed by atoms with van der Waals surface area (Å²) in [5, 5.41) is 0. The fourth-order valence-electron chi connectivity index (χ4n) is 8.73. The number of nitrogens with zero attached hydrogens (tertiary/aromatic N) is 2. The average molecular weight is 894 g/mol. The molecule has 0 radical (unpaired) electrons. The zero-order chi connectivity index (χ0) is 44.7. The molecule has 0 saturated heterocycles. The van der Waals surface area contributed by atoms with E-state index in [0.717, 1.165) is 43.5 Å². The molecule has 5 rings (SSSR count). The first kappa shape index (κ1) is 52.1. The van der Waals surface area contributed by atoms with Gasteiger partial charge in [0.05, 0.1) is 0 Å². The van der Waals surface area contributed by atoms with Crippen LogP contribution in [0.2, 0.25) is 0 Å². The monoisotopic (exact) mass is 893 g/mol. The maximum atomic E-state index is 12.2. The Morgan fingerprint density at radius 2 is 0.730 bits per heavy atom. The summed E-state index contributed by atoms with van der Waals surface area (Å²) in [4.78, 5) is 0. The second kappa shape index (κ2) is 32.2. The molecule has 346 valence electrons. The van der Waals surface area contributed by atoms with E-state index in [1.165, 1.54) is 189 Å². The number of unbranched alkanes of at least 4 members (excludes halogenated alkanes) is 17. The molecule has 63 heavy (non-hydrogen) atoms. The van der Waals surface area contributed by atoms with E-state index in [4.69, 9.17) is 0 Å². The van der Waals surface area contributed by atoms with Crippen molar-refractivity contribution in [3.05, 3.63) is 148 Å². The summed E-state index contributed by atoms with van der Waals surface area (Å²) >= 11 is 1.60. The molecule has 2 nitrogen and oxygen atoms in total. The van der Waals surface area contributed by atoms with Crippen LogP contribution >= 0.6 is 0 Å². The zero-order valence-corrected chi connectivity index (χ0v) is 41.6. The Kier molecular flexibility index (Phi) is 26.6. The molecule has 3 heteroatoms. The number of hydrogen-bond acceptors (Lipinski definition) is 0. The predicted octanol–water partition coefficient (Wildman–Crippen LogP) is 17.4. The van der Waals surface area contributed by atoms with Crippen LogP contribution in [0.1, 0.15) is 216 Å². The van der Waals surface area contributed by atoms with Crippen molar-refractivity contribution in [1.82, 2.24) is 0 Å². The minimum absolute atomic E-state index is 0.972. The van der Waals surface area contributed by atoms with Gasteiger partial charge in [0.1, 0.15) is 0 Å². The van der Waals surface area contributed by atoms with Crippen molar-refractivity contribution in [2.45, 2.75) is 208 Å². The molecule has 0 saturated carbocycles. The van der Waals surface area contributed by atoms with Gasteiger partial charge in [0.25, 0.3) is 0 Å². The van der Waals surface area contributed by atoms with Crippen LogP contribution in [0.4, 0.5) is 0 Å². The number of rotatable bonds is 31. The van der Waals surface area contributed by atoms with Gasteiger partial charge in [0, 0.05) is 22.8 Å². The standard InChI is InChI=1S/C48H76N2.2C6H5.Ni/c1-6-11-16-19-22-25-30-42-33-40(28-14-9-4)35-45(36-42)47-39-44(32-27-24-21-18-13-8-3)48(50(47)49)46-37-41(29-15-10-5)34-43(38-46)31-26-23-20-17-12-7-2;2*1-2-4-6-5-3-1;/h33-39H,6-32H2,1-5H3;2*1-5H;. The maximum absolute atomic E-state index is 12.2. The van der Waals surface area contributed by atoms with Gasteiger partial charge in [-0.25, -0.2) is 4.70 Å². The molecule has 0 bridgehead atoms. The van der Waals surface area contributed by atoms with Crippen molar-refractivity contribution in [3.63, 3.8) is 0 Å². The van der Waals surface area contributed by atoms with Crippen LogP contribution in [0.3, 0.4) is 0 Å². The van der Waals surface area contributed by atoms with Crippen LogP contribution in [0.5, 0.6) is 0 Å². The van der Waals surface area contributed by atoms with E-state index in [0.29, 0.717) is 0 Å². The van der Waals surface area contributed by atoms with Crippen LogP contribution in [-0.4, -0.2) is 4.70 Å². The van der Waals surface area contributed by atoms with Crippen LogP contribution in [0, 0.1) is 0 Å². The SMILES string of the molecule is CCCCCCCCC1=C(c2cc(CCCC)cc(CCCCCCCC)c2)[N+](=[N-])C(c2cc(CCCC)cc(CCCCCCCC)c2)=C1.c1cc[c]([Ni][c]2ccccc2)cc1. The molecule has 1 aliphatic heterocycles. The van der Waals surface area contributed by atoms with Crippen LogP contribution in [0.25, 0.3) is 16.9 Å². The summed E-state index contributed by atoms with van der Waals surface area (Å²) in [5.41, 5.74) is 23.7. The Hall–Kier alpha value is -3.55. The average Bonchev–Trinajstić information content (AvgIpc) is 3.64. The number of aryl methyl sites for hydroxylation is 4. The third kappa shape index (κ3) is 20.0. The summed E-state index contributed by atoms with van der Waals surface area (Å²) in [5.74, 6) is 0. The molecule has 4 aromatic rings. The molecule has 0 amide bonds. The molecule has 0 fully saturated rings. The molecule has 0 N–H and O–H groups in total. The van der Waals surface area contributed by atoms with Gasteiger partial charge >= 0.3 is 84.2 Å². The first-order valence-electron chi connectivity index (χ1n) is 25.9. The van der Waals surface area contributed by atoms with Gasteiger partial charge < -0.3 is 5.53 Å². The molecule has 0 atom stereocenters. The molecule has 1 aliphatic rings. The van der Waals surface area contributed by atoms with Crippen molar-refractivity contribution < 1.29 is 19.1 Å². The Morgan fingerprint density at radius 1 is 0.381 bits per heavy atom. The van der Waals surface area contributed by atoms with E-state index in [1.807, 2.05) is 12.1 Å². The fourth-order valence-corrected chi connectivity index (χ4v) is 9.77. The van der Waals surface area contributed by atoms with Crippen LogP contribution in [0.15, 0.2) is 109 Å². The summed E-state index contributed by atoms with van der Waals surface area (Å²) < 4.78 is 4.20. The van der Waals surface area contributed by atoms with Gasteiger partial charge in [-0.3, -0.25) is 0 Å². The summed E-state index contributed by atoms with van der Waals surface area (Å²) in [6, 6.07) is 35.4. The zero-order valence-electron chi connectivity index (χ0n) is 40.6. The quantitative estimate of drug-likeness (QED) is 0.0273. The fraction of sp³-hybridized carbons (Fsp3) is 0.533. The molecule has 0 unspecified atom stereocenters. The predicted molar refractivity (Wildman–Crippen MR) is 273 cm³/mol. The Labute approximate surface area is 393 Å². The van der Waals surface area contributed by atoms with Crippen molar-refractivity contribution in [3.8, 4) is 0 Å². The van der Waals surface area contributed by atoms with Gasteiger partial charge in [-0.05, 0) is 111 Å². The number of allylic oxidation sites excluding steroid dienone is 2. The normalized spacial score (nSPS) is 12.5.